The highest BCUT2D eigenvalue weighted by molar-refractivity contribution is 6.33. The predicted octanol–water partition coefficient (Wildman–Crippen LogP) is 4.65. The Morgan fingerprint density at radius 1 is 1.11 bits per heavy atom. The average Bonchev–Trinajstić information content (AvgIpc) is 2.70. The van der Waals surface area contributed by atoms with Gasteiger partial charge in [-0.3, -0.25) is 9.78 Å². The third kappa shape index (κ3) is 4.99. The third-order valence-electron chi connectivity index (χ3n) is 4.04. The van der Waals surface area contributed by atoms with Gasteiger partial charge in [-0.05, 0) is 36.2 Å². The molecule has 0 aliphatic rings. The van der Waals surface area contributed by atoms with E-state index in [1.54, 1.807) is 31.5 Å². The summed E-state index contributed by atoms with van der Waals surface area (Å²) in [5, 5.41) is 6.58. The first-order chi connectivity index (χ1) is 13.2. The minimum atomic E-state index is -0.260. The summed E-state index contributed by atoms with van der Waals surface area (Å²) in [5.74, 6) is 0.606. The van der Waals surface area contributed by atoms with E-state index >= 15 is 0 Å². The minimum Gasteiger partial charge on any atom is -0.496 e. The van der Waals surface area contributed by atoms with Gasteiger partial charge in [0.15, 0.2) is 0 Å². The van der Waals surface area contributed by atoms with E-state index in [4.69, 9.17) is 16.3 Å². The van der Waals surface area contributed by atoms with Gasteiger partial charge in [-0.25, -0.2) is 0 Å². The van der Waals surface area contributed by atoms with Crippen LogP contribution in [0.25, 0.3) is 0 Å². The van der Waals surface area contributed by atoms with E-state index in [0.717, 1.165) is 23.4 Å². The third-order valence-corrected chi connectivity index (χ3v) is 4.37. The van der Waals surface area contributed by atoms with Gasteiger partial charge in [0.2, 0.25) is 0 Å². The number of ether oxygens (including phenoxy) is 1. The Morgan fingerprint density at radius 3 is 2.70 bits per heavy atom. The number of rotatable bonds is 7. The van der Waals surface area contributed by atoms with Crippen molar-refractivity contribution in [3.8, 4) is 5.75 Å². The van der Waals surface area contributed by atoms with E-state index < -0.39 is 0 Å². The number of para-hydroxylation sites is 2. The Morgan fingerprint density at radius 2 is 1.89 bits per heavy atom. The van der Waals surface area contributed by atoms with E-state index in [9.17, 15) is 4.79 Å². The van der Waals surface area contributed by atoms with Crippen LogP contribution in [0.3, 0.4) is 0 Å². The fourth-order valence-corrected chi connectivity index (χ4v) is 2.85. The number of carbonyl (C=O) groups is 1. The van der Waals surface area contributed by atoms with Crippen molar-refractivity contribution in [2.75, 3.05) is 24.3 Å². The molecule has 1 aromatic heterocycles. The molecule has 0 saturated carbocycles. The molecule has 0 aliphatic heterocycles. The maximum absolute atomic E-state index is 12.4. The number of aromatic nitrogens is 1. The first-order valence-electron chi connectivity index (χ1n) is 8.54. The lowest BCUT2D eigenvalue weighted by Crippen LogP contribution is -2.13. The summed E-state index contributed by atoms with van der Waals surface area (Å²) >= 11 is 6.09. The van der Waals surface area contributed by atoms with Crippen LogP contribution in [0, 0.1) is 0 Å². The Labute approximate surface area is 163 Å². The molecule has 138 valence electrons. The zero-order valence-electron chi connectivity index (χ0n) is 14.9. The highest BCUT2D eigenvalue weighted by Gasteiger charge is 2.09. The number of methoxy groups -OCH3 is 1. The molecule has 0 saturated heterocycles. The first kappa shape index (κ1) is 18.7. The number of nitrogens with one attached hydrogen (secondary N) is 2. The van der Waals surface area contributed by atoms with E-state index in [1.807, 2.05) is 36.4 Å². The second-order valence-electron chi connectivity index (χ2n) is 5.88. The van der Waals surface area contributed by atoms with Crippen LogP contribution in [-0.2, 0) is 6.42 Å². The molecular formula is C21H20ClN3O2. The summed E-state index contributed by atoms with van der Waals surface area (Å²) in [6, 6.07) is 16.8. The number of hydrogen-bond acceptors (Lipinski definition) is 4. The van der Waals surface area contributed by atoms with Crippen LogP contribution in [-0.4, -0.2) is 24.5 Å². The van der Waals surface area contributed by atoms with E-state index in [1.165, 1.54) is 6.20 Å². The number of carbonyl (C=O) groups excluding carboxylic acids is 1. The molecule has 3 rings (SSSR count). The molecule has 0 fully saturated rings. The molecule has 2 aromatic carbocycles. The van der Waals surface area contributed by atoms with Gasteiger partial charge >= 0.3 is 0 Å². The van der Waals surface area contributed by atoms with Crippen LogP contribution in [0.5, 0.6) is 5.75 Å². The normalized spacial score (nSPS) is 10.3. The van der Waals surface area contributed by atoms with Crippen LogP contribution >= 0.6 is 11.6 Å². The Hall–Kier alpha value is -3.05. The molecule has 0 bridgehead atoms. The lowest BCUT2D eigenvalue weighted by Gasteiger charge is -2.11. The monoisotopic (exact) mass is 381 g/mol. The van der Waals surface area contributed by atoms with Gasteiger partial charge in [-0.2, -0.15) is 0 Å². The number of benzene rings is 2. The van der Waals surface area contributed by atoms with Crippen molar-refractivity contribution in [3.05, 3.63) is 83.1 Å². The number of pyridine rings is 1. The molecule has 3 aromatic rings. The second kappa shape index (κ2) is 9.05. The van der Waals surface area contributed by atoms with Gasteiger partial charge in [0, 0.05) is 18.9 Å². The summed E-state index contributed by atoms with van der Waals surface area (Å²) < 4.78 is 5.36. The van der Waals surface area contributed by atoms with Crippen molar-refractivity contribution < 1.29 is 9.53 Å². The van der Waals surface area contributed by atoms with Crippen LogP contribution in [0.1, 0.15) is 15.9 Å². The van der Waals surface area contributed by atoms with E-state index in [2.05, 4.69) is 15.6 Å². The topological polar surface area (TPSA) is 63.2 Å². The van der Waals surface area contributed by atoms with Crippen molar-refractivity contribution >= 4 is 28.9 Å². The second-order valence-corrected chi connectivity index (χ2v) is 6.29. The summed E-state index contributed by atoms with van der Waals surface area (Å²) in [5.41, 5.74) is 2.92. The smallest absolute Gasteiger partial charge is 0.257 e. The Balaban J connectivity index is 1.62. The standard InChI is InChI=1S/C21H20ClN3O2/c1-27-20-9-5-2-6-15(20)10-11-24-17-12-16(13-23-14-17)21(26)25-19-8-4-3-7-18(19)22/h2-9,12-14,24H,10-11H2,1H3,(H,25,26). The van der Waals surface area contributed by atoms with Crippen molar-refractivity contribution in [1.82, 2.24) is 4.98 Å². The van der Waals surface area contributed by atoms with E-state index in [0.29, 0.717) is 22.8 Å². The molecule has 27 heavy (non-hydrogen) atoms. The molecule has 6 heteroatoms. The van der Waals surface area contributed by atoms with Crippen LogP contribution in [0.2, 0.25) is 5.02 Å². The van der Waals surface area contributed by atoms with Crippen LogP contribution < -0.4 is 15.4 Å². The summed E-state index contributed by atoms with van der Waals surface area (Å²) in [6.07, 6.45) is 4.01. The fourth-order valence-electron chi connectivity index (χ4n) is 2.67. The number of hydrogen-bond donors (Lipinski definition) is 2. The first-order valence-corrected chi connectivity index (χ1v) is 8.92. The lowest BCUT2D eigenvalue weighted by molar-refractivity contribution is 0.102. The van der Waals surface area contributed by atoms with Crippen molar-refractivity contribution in [3.63, 3.8) is 0 Å². The molecule has 0 atom stereocenters. The maximum Gasteiger partial charge on any atom is 0.257 e. The summed E-state index contributed by atoms with van der Waals surface area (Å²) in [7, 11) is 1.66. The molecule has 2 N–H and O–H groups in total. The quantitative estimate of drug-likeness (QED) is 0.625. The molecule has 0 unspecified atom stereocenters. The number of nitrogens with zero attached hydrogens (tertiary/aromatic N) is 1. The summed E-state index contributed by atoms with van der Waals surface area (Å²) in [6.45, 7) is 0.692. The minimum absolute atomic E-state index is 0.260. The van der Waals surface area contributed by atoms with Gasteiger partial charge in [0.1, 0.15) is 5.75 Å². The average molecular weight is 382 g/mol. The summed E-state index contributed by atoms with van der Waals surface area (Å²) in [4.78, 5) is 16.6. The predicted molar refractivity (Wildman–Crippen MR) is 109 cm³/mol. The molecule has 0 spiro atoms. The zero-order valence-corrected chi connectivity index (χ0v) is 15.7. The molecular weight excluding hydrogens is 362 g/mol. The number of anilines is 2. The van der Waals surface area contributed by atoms with Crippen LogP contribution in [0.15, 0.2) is 67.0 Å². The molecule has 0 radical (unpaired) electrons. The maximum atomic E-state index is 12.4. The lowest BCUT2D eigenvalue weighted by atomic mass is 10.1. The van der Waals surface area contributed by atoms with Gasteiger partial charge in [0.05, 0.1) is 29.1 Å². The Bertz CT molecular complexity index is 931. The largest absolute Gasteiger partial charge is 0.496 e. The highest BCUT2D eigenvalue weighted by atomic mass is 35.5. The van der Waals surface area contributed by atoms with Crippen molar-refractivity contribution in [2.45, 2.75) is 6.42 Å². The molecule has 5 nitrogen and oxygen atoms in total. The Kier molecular flexibility index (Phi) is 6.28. The number of halogens is 1. The van der Waals surface area contributed by atoms with Gasteiger partial charge in [0.25, 0.3) is 5.91 Å². The van der Waals surface area contributed by atoms with Gasteiger partial charge in [-0.1, -0.05) is 41.9 Å². The molecule has 0 aliphatic carbocycles. The fraction of sp³-hybridized carbons (Fsp3) is 0.143. The SMILES string of the molecule is COc1ccccc1CCNc1cncc(C(=O)Nc2ccccc2Cl)c1. The van der Waals surface area contributed by atoms with E-state index in [-0.39, 0.29) is 5.91 Å². The van der Waals surface area contributed by atoms with Crippen LogP contribution in [0.4, 0.5) is 11.4 Å². The van der Waals surface area contributed by atoms with Gasteiger partial charge < -0.3 is 15.4 Å². The zero-order chi connectivity index (χ0) is 19.1. The highest BCUT2D eigenvalue weighted by Crippen LogP contribution is 2.22. The van der Waals surface area contributed by atoms with Crippen molar-refractivity contribution in [2.24, 2.45) is 0 Å². The van der Waals surface area contributed by atoms with Gasteiger partial charge in [-0.15, -0.1) is 0 Å². The van der Waals surface area contributed by atoms with Crippen molar-refractivity contribution in [1.29, 1.82) is 0 Å². The molecule has 1 heterocycles. The molecule has 1 amide bonds. The number of amides is 1.